The van der Waals surface area contributed by atoms with E-state index in [-0.39, 0.29) is 91.2 Å². The molecule has 10 N–H and O–H groups in total. The number of allylic oxidation sites excluding steroid dienone is 1. The smallest absolute Gasteiger partial charge is 0.312 e. The van der Waals surface area contributed by atoms with Crippen molar-refractivity contribution in [1.82, 2.24) is 41.3 Å². The Labute approximate surface area is 593 Å². The van der Waals surface area contributed by atoms with Crippen LogP contribution in [0, 0.1) is 35.5 Å². The summed E-state index contributed by atoms with van der Waals surface area (Å²) in [5.74, 6) is -4.17. The molecule has 552 valence electrons. The lowest BCUT2D eigenvalue weighted by atomic mass is 9.89. The fourth-order valence-corrected chi connectivity index (χ4v) is 13.7. The number of hydrogen-bond donors (Lipinski definition) is 9. The number of anilines is 3. The molecular weight excluding hydrogens is 1270 g/mol. The third-order valence-electron chi connectivity index (χ3n) is 19.6. The molecule has 1 aliphatic heterocycles. The van der Waals surface area contributed by atoms with E-state index in [4.69, 9.17) is 15.2 Å². The summed E-state index contributed by atoms with van der Waals surface area (Å²) in [7, 11) is 8.46. The highest BCUT2D eigenvalue weighted by molar-refractivity contribution is 5.99. The number of nitrogens with one attached hydrogen (secondary N) is 8. The number of benzene rings is 3. The number of ether oxygens (including phenoxy) is 2. The number of primary amides is 1. The number of rotatable bonds is 41. The number of Topliss-reactive ketones (excluding diaryl/α,β-unsaturated/α-hetero) is 1. The predicted molar refractivity (Wildman–Crippen MR) is 390 cm³/mol. The second kappa shape index (κ2) is 40.9. The molecule has 1 heterocycles. The normalized spacial score (nSPS) is 17.6. The van der Waals surface area contributed by atoms with Crippen LogP contribution >= 0.6 is 0 Å². The molecule has 0 radical (unpaired) electrons. The lowest BCUT2D eigenvalue weighted by Gasteiger charge is -2.41. The Hall–Kier alpha value is -8.22. The van der Waals surface area contributed by atoms with Crippen molar-refractivity contribution in [2.75, 3.05) is 64.4 Å². The lowest BCUT2D eigenvalue weighted by molar-refractivity contribution is -0.148. The van der Waals surface area contributed by atoms with Crippen molar-refractivity contribution in [3.05, 3.63) is 102 Å². The van der Waals surface area contributed by atoms with Crippen molar-refractivity contribution in [3.8, 4) is 0 Å². The predicted octanol–water partition coefficient (Wildman–Crippen LogP) is 8.11. The Morgan fingerprint density at radius 3 is 1.83 bits per heavy atom. The summed E-state index contributed by atoms with van der Waals surface area (Å²) in [5.41, 5.74) is 9.67. The van der Waals surface area contributed by atoms with Crippen LogP contribution in [0.15, 0.2) is 91.0 Å². The van der Waals surface area contributed by atoms with E-state index < -0.39 is 90.1 Å². The van der Waals surface area contributed by atoms with E-state index in [1.54, 1.807) is 69.0 Å². The second-order valence-corrected chi connectivity index (χ2v) is 28.4. The third-order valence-corrected chi connectivity index (χ3v) is 19.6. The number of hydrogen-bond acceptors (Lipinski definition) is 14. The van der Waals surface area contributed by atoms with Gasteiger partial charge in [-0.15, -0.1) is 0 Å². The van der Waals surface area contributed by atoms with Gasteiger partial charge in [-0.25, -0.2) is 4.79 Å². The van der Waals surface area contributed by atoms with Crippen molar-refractivity contribution in [1.29, 1.82) is 0 Å². The van der Waals surface area contributed by atoms with E-state index in [9.17, 15) is 47.9 Å². The van der Waals surface area contributed by atoms with E-state index in [0.717, 1.165) is 48.1 Å². The number of amides is 10. The van der Waals surface area contributed by atoms with E-state index in [0.29, 0.717) is 63.0 Å². The number of likely N-dealkylation sites (N-methyl/N-ethyl adjacent to an activating group) is 2. The molecule has 0 aromatic heterocycles. The molecular formula is C76H116N12O12. The largest absolute Gasteiger partial charge is 0.381 e. The molecule has 3 aromatic carbocycles. The summed E-state index contributed by atoms with van der Waals surface area (Å²) in [5, 5.41) is 23.5. The summed E-state index contributed by atoms with van der Waals surface area (Å²) in [6.07, 6.45) is 5.46. The van der Waals surface area contributed by atoms with Gasteiger partial charge in [-0.05, 0) is 130 Å². The van der Waals surface area contributed by atoms with Crippen LogP contribution in [0.1, 0.15) is 157 Å². The first-order valence-corrected chi connectivity index (χ1v) is 35.8. The summed E-state index contributed by atoms with van der Waals surface area (Å²) in [6.45, 7) is 22.2. The molecule has 2 unspecified atom stereocenters. The zero-order valence-electron chi connectivity index (χ0n) is 61.7. The van der Waals surface area contributed by atoms with E-state index >= 15 is 0 Å². The zero-order valence-corrected chi connectivity index (χ0v) is 61.7. The molecule has 1 aliphatic carbocycles. The quantitative estimate of drug-likeness (QED) is 0.0191. The molecule has 24 heteroatoms. The topological polar surface area (TPSA) is 321 Å². The van der Waals surface area contributed by atoms with Gasteiger partial charge >= 0.3 is 6.03 Å². The fraction of sp³-hybridized carbons (Fsp3) is 0.605. The number of ketones is 1. The minimum absolute atomic E-state index is 0.00171. The molecule has 100 heavy (non-hydrogen) atoms. The van der Waals surface area contributed by atoms with Gasteiger partial charge in [0.15, 0.2) is 0 Å². The van der Waals surface area contributed by atoms with Crippen LogP contribution in [0.5, 0.6) is 0 Å². The van der Waals surface area contributed by atoms with Crippen LogP contribution in [0.4, 0.5) is 21.9 Å². The number of nitrogens with zero attached hydrogens (tertiary/aromatic N) is 3. The standard InChI is InChI=1S/C76H116N12O12/c1-16-49(8)68(87(13)75(97)66(47(4)5)85-74(96)67(48(6)7)86(11)12)62(99-14)44-64(91)88-42-24-29-60(88)69(100-15)51(10)70(92)83-59(43-52-25-19-17-20-26-52)72(94)81-56-38-36-54(37-39-56)79-45-53-32-34-55(35-33-53)80-71(93)58(28-23-41-78-76(77)98)82-73(95)65(46(2)3)84-63(90)30-22-18-21-27-57-50(9)31-40-61(57)89/h17,19-20,25-26,32-39,46-49,51,57-60,62,65-69,79H,9,16,18,21-24,27-31,40-45H2,1-8,10-15H3,(H,80,93)(H,81,94)(H,82,95)(H,83,92)(H,84,90)(H,85,96)(H3,77,78,98)/t49-,51+,57?,58-,59-,60-,62+,65?,66-,67-,68-,69+/m0/s1. The van der Waals surface area contributed by atoms with Crippen LogP contribution in [0.25, 0.3) is 0 Å². The Bertz CT molecular complexity index is 3160. The van der Waals surface area contributed by atoms with Crippen molar-refractivity contribution >= 4 is 76.1 Å². The molecule has 5 rings (SSSR count). The molecule has 24 nitrogen and oxygen atoms in total. The fourth-order valence-electron chi connectivity index (χ4n) is 13.7. The van der Waals surface area contributed by atoms with Gasteiger partial charge in [0.05, 0.1) is 42.7 Å². The zero-order chi connectivity index (χ0) is 73.9. The maximum absolute atomic E-state index is 14.6. The van der Waals surface area contributed by atoms with E-state index in [1.807, 2.05) is 115 Å². The molecule has 2 fully saturated rings. The number of carbonyl (C=O) groups is 10. The summed E-state index contributed by atoms with van der Waals surface area (Å²) < 4.78 is 12.2. The van der Waals surface area contributed by atoms with Gasteiger partial charge in [-0.2, -0.15) is 0 Å². The third kappa shape index (κ3) is 24.8. The molecule has 2 aliphatic rings. The Morgan fingerprint density at radius 2 is 1.27 bits per heavy atom. The minimum atomic E-state index is -1.02. The molecule has 10 amide bonds. The molecule has 0 spiro atoms. The van der Waals surface area contributed by atoms with Crippen LogP contribution in [-0.4, -0.2) is 177 Å². The lowest BCUT2D eigenvalue weighted by Crippen LogP contribution is -2.59. The van der Waals surface area contributed by atoms with E-state index in [2.05, 4.69) is 49.1 Å². The van der Waals surface area contributed by atoms with Gasteiger partial charge in [0.1, 0.15) is 30.0 Å². The molecule has 1 saturated carbocycles. The minimum Gasteiger partial charge on any atom is -0.381 e. The van der Waals surface area contributed by atoms with Gasteiger partial charge in [-0.3, -0.25) is 48.1 Å². The highest BCUT2D eigenvalue weighted by Crippen LogP contribution is 2.32. The van der Waals surface area contributed by atoms with Crippen molar-refractivity contribution in [3.63, 3.8) is 0 Å². The first kappa shape index (κ1) is 82.4. The van der Waals surface area contributed by atoms with Gasteiger partial charge in [0.25, 0.3) is 0 Å². The number of methoxy groups -OCH3 is 2. The molecule has 3 aromatic rings. The van der Waals surface area contributed by atoms with Crippen LogP contribution in [0.3, 0.4) is 0 Å². The summed E-state index contributed by atoms with van der Waals surface area (Å²) in [4.78, 5) is 141. The first-order valence-electron chi connectivity index (χ1n) is 35.8. The van der Waals surface area contributed by atoms with Gasteiger partial charge in [0, 0.05) is 83.1 Å². The maximum Gasteiger partial charge on any atom is 0.312 e. The highest BCUT2D eigenvalue weighted by Gasteiger charge is 2.44. The van der Waals surface area contributed by atoms with Gasteiger partial charge in [0.2, 0.25) is 47.3 Å². The first-order chi connectivity index (χ1) is 47.5. The number of unbranched alkanes of at least 4 members (excludes halogenated alkanes) is 2. The van der Waals surface area contributed by atoms with Gasteiger partial charge < -0.3 is 67.5 Å². The average molecular weight is 1390 g/mol. The molecule has 0 bridgehead atoms. The average Bonchev–Trinajstić information content (AvgIpc) is 1.46. The SMILES string of the molecule is C=C1CCC(=O)C1CCCCCC(=O)NC(C(=O)N[C@@H](CCCNC(N)=O)C(=O)Nc1ccc(CNc2ccc(NC(=O)[C@H](Cc3ccccc3)NC(=O)[C@H](C)[C@@H](OC)[C@@H]3CCCN3C(=O)C[C@@H](OC)[C@H]([C@@H](C)CC)N(C)C(=O)[C@@H](NC(=O)[C@H](C(C)C)N(C)C)C(C)C)cc2)cc1)C(C)C. The second-order valence-electron chi connectivity index (χ2n) is 28.4. The molecule has 12 atom stereocenters. The van der Waals surface area contributed by atoms with Crippen LogP contribution in [0.2, 0.25) is 0 Å². The Balaban J connectivity index is 1.18. The monoisotopic (exact) mass is 1390 g/mol. The van der Waals surface area contributed by atoms with Crippen molar-refractivity contribution in [2.45, 2.75) is 213 Å². The number of urea groups is 1. The van der Waals surface area contributed by atoms with Crippen LogP contribution < -0.4 is 48.3 Å². The molecule has 1 saturated heterocycles. The number of nitrogens with two attached hydrogens (primary N) is 1. The number of carbonyl (C=O) groups excluding carboxylic acids is 10. The maximum atomic E-state index is 14.6. The summed E-state index contributed by atoms with van der Waals surface area (Å²) in [6, 6.07) is 17.7. The van der Waals surface area contributed by atoms with Crippen molar-refractivity contribution < 1.29 is 57.4 Å². The summed E-state index contributed by atoms with van der Waals surface area (Å²) >= 11 is 0. The van der Waals surface area contributed by atoms with Crippen molar-refractivity contribution in [2.24, 2.45) is 41.2 Å². The Kier molecular flexibility index (Phi) is 33.7. The Morgan fingerprint density at radius 1 is 0.660 bits per heavy atom. The van der Waals surface area contributed by atoms with Gasteiger partial charge in [-0.1, -0.05) is 136 Å². The number of likely N-dealkylation sites (tertiary alicyclic amines) is 1. The highest BCUT2D eigenvalue weighted by atomic mass is 16.5. The van der Waals surface area contributed by atoms with E-state index in [1.165, 1.54) is 7.11 Å². The van der Waals surface area contributed by atoms with Crippen LogP contribution in [-0.2, 0) is 65.6 Å².